The Morgan fingerprint density at radius 1 is 0.375 bits per heavy atom. The van der Waals surface area contributed by atoms with Gasteiger partial charge in [0.05, 0.1) is 16.5 Å². The van der Waals surface area contributed by atoms with Gasteiger partial charge < -0.3 is 4.42 Å². The van der Waals surface area contributed by atoms with Gasteiger partial charge in [0.15, 0.2) is 11.6 Å². The van der Waals surface area contributed by atoms with E-state index in [1.54, 1.807) is 4.57 Å². The van der Waals surface area contributed by atoms with E-state index in [9.17, 15) is 1.37 Å². The Morgan fingerprint density at radius 3 is 1.61 bits per heavy atom. The van der Waals surface area contributed by atoms with Crippen LogP contribution in [-0.4, -0.2) is 19.5 Å². The van der Waals surface area contributed by atoms with Crippen LogP contribution in [0.5, 0.6) is 0 Å². The largest absolute Gasteiger partial charge is 0.456 e. The maximum absolute atomic E-state index is 9.26. The molecule has 0 saturated carbocycles. The van der Waals surface area contributed by atoms with Gasteiger partial charge in [-0.05, 0) is 63.7 Å². The van der Waals surface area contributed by atoms with Crippen molar-refractivity contribution in [1.29, 1.82) is 0 Å². The highest BCUT2D eigenvalue weighted by atomic mass is 16.3. The van der Waals surface area contributed by atoms with Crippen molar-refractivity contribution in [3.05, 3.63) is 194 Å². The molecule has 0 spiro atoms. The van der Waals surface area contributed by atoms with E-state index in [1.807, 2.05) is 121 Å². The number of para-hydroxylation sites is 2. The number of nitrogens with zero attached hydrogens (tertiary/aromatic N) is 4. The summed E-state index contributed by atoms with van der Waals surface area (Å²) in [6.45, 7) is 0. The topological polar surface area (TPSA) is 56.7 Å². The molecule has 0 unspecified atom stereocenters. The lowest BCUT2D eigenvalue weighted by Gasteiger charge is -2.12. The highest BCUT2D eigenvalue weighted by Gasteiger charge is 2.19. The van der Waals surface area contributed by atoms with Gasteiger partial charge in [-0.25, -0.2) is 4.98 Å². The smallest absolute Gasteiger partial charge is 0.238 e. The summed E-state index contributed by atoms with van der Waals surface area (Å²) < 4.78 is 43.8. The highest BCUT2D eigenvalue weighted by Crippen LogP contribution is 2.37. The number of furan rings is 1. The van der Waals surface area contributed by atoms with Crippen LogP contribution in [0.3, 0.4) is 0 Å². The van der Waals surface area contributed by atoms with Crippen LogP contribution in [0.2, 0.25) is 0 Å². The molecule has 0 aliphatic carbocycles. The van der Waals surface area contributed by atoms with Crippen LogP contribution < -0.4 is 0 Å². The monoisotopic (exact) mass is 720 g/mol. The molecular formula is C51H32N4O. The second kappa shape index (κ2) is 13.0. The fourth-order valence-electron chi connectivity index (χ4n) is 7.62. The molecule has 0 saturated heterocycles. The van der Waals surface area contributed by atoms with Crippen molar-refractivity contribution in [2.24, 2.45) is 0 Å². The van der Waals surface area contributed by atoms with E-state index in [0.29, 0.717) is 39.1 Å². The maximum Gasteiger partial charge on any atom is 0.238 e. The highest BCUT2D eigenvalue weighted by molar-refractivity contribution is 6.10. The lowest BCUT2D eigenvalue weighted by atomic mass is 9.99. The molecule has 262 valence electrons. The van der Waals surface area contributed by atoms with Gasteiger partial charge in [-0.15, -0.1) is 0 Å². The molecule has 5 heteroatoms. The van der Waals surface area contributed by atoms with E-state index in [-0.39, 0.29) is 35.6 Å². The molecule has 8 aromatic carbocycles. The fraction of sp³-hybridized carbons (Fsp3) is 0. The number of hydrogen-bond acceptors (Lipinski definition) is 4. The second-order valence-electron chi connectivity index (χ2n) is 13.8. The van der Waals surface area contributed by atoms with Crippen LogP contribution in [0.15, 0.2) is 198 Å². The Balaban J connectivity index is 1.15. The normalized spacial score (nSPS) is 12.6. The average molecular weight is 721 g/mol. The number of rotatable bonds is 6. The predicted molar refractivity (Wildman–Crippen MR) is 229 cm³/mol. The van der Waals surface area contributed by atoms with Gasteiger partial charge in [-0.2, -0.15) is 9.97 Å². The molecular weight excluding hydrogens is 685 g/mol. The van der Waals surface area contributed by atoms with Gasteiger partial charge in [0.25, 0.3) is 0 Å². The molecule has 0 fully saturated rings. The number of benzene rings is 8. The first kappa shape index (κ1) is 27.9. The number of hydrogen-bond donors (Lipinski definition) is 0. The average Bonchev–Trinajstić information content (AvgIpc) is 3.86. The van der Waals surface area contributed by atoms with Crippen molar-refractivity contribution < 1.29 is 9.90 Å². The molecule has 0 radical (unpaired) electrons. The Labute approximate surface area is 328 Å². The van der Waals surface area contributed by atoms with E-state index < -0.39 is 0 Å². The van der Waals surface area contributed by atoms with Gasteiger partial charge in [-0.3, -0.25) is 4.57 Å². The summed E-state index contributed by atoms with van der Waals surface area (Å²) in [6.07, 6.45) is 0. The SMILES string of the molecule is [2H]c1c([2H])c([2H])c2c(c1[2H])c1ccc(-c3ccc(-c4ccccc4)cc3)cc1n2-c1nc(-c2ccc(-c3ccccc3)cc2)nc(-c2ccc3c(c2)oc2ccccc23)n1. The molecule has 3 heterocycles. The summed E-state index contributed by atoms with van der Waals surface area (Å²) in [5.74, 6) is 1.00. The van der Waals surface area contributed by atoms with Crippen molar-refractivity contribution in [2.45, 2.75) is 0 Å². The minimum atomic E-state index is -0.338. The van der Waals surface area contributed by atoms with Crippen LogP contribution in [0.25, 0.3) is 106 Å². The molecule has 11 rings (SSSR count). The van der Waals surface area contributed by atoms with Crippen LogP contribution in [0.1, 0.15) is 5.48 Å². The van der Waals surface area contributed by atoms with Crippen molar-refractivity contribution in [2.75, 3.05) is 0 Å². The summed E-state index contributed by atoms with van der Waals surface area (Å²) in [6, 6.07) is 55.6. The Bertz CT molecular complexity index is 3460. The Hall–Kier alpha value is -7.63. The zero-order valence-corrected chi connectivity index (χ0v) is 29.9. The molecule has 56 heavy (non-hydrogen) atoms. The molecule has 0 amide bonds. The lowest BCUT2D eigenvalue weighted by Crippen LogP contribution is -2.06. The zero-order valence-electron chi connectivity index (χ0n) is 33.9. The van der Waals surface area contributed by atoms with Gasteiger partial charge in [0, 0.05) is 32.7 Å². The summed E-state index contributed by atoms with van der Waals surface area (Å²) in [4.78, 5) is 15.3. The molecule has 3 aromatic heterocycles. The van der Waals surface area contributed by atoms with Gasteiger partial charge >= 0.3 is 0 Å². The van der Waals surface area contributed by atoms with Crippen molar-refractivity contribution in [3.8, 4) is 62.1 Å². The van der Waals surface area contributed by atoms with E-state index in [2.05, 4.69) is 48.5 Å². The predicted octanol–water partition coefficient (Wildman–Crippen LogP) is 13.2. The fourth-order valence-corrected chi connectivity index (χ4v) is 7.62. The minimum Gasteiger partial charge on any atom is -0.456 e. The zero-order chi connectivity index (χ0) is 40.5. The number of fused-ring (bicyclic) bond motifs is 6. The molecule has 0 atom stereocenters. The third-order valence-corrected chi connectivity index (χ3v) is 10.4. The second-order valence-corrected chi connectivity index (χ2v) is 13.8. The maximum atomic E-state index is 9.26. The molecule has 11 aromatic rings. The van der Waals surface area contributed by atoms with Gasteiger partial charge in [0.1, 0.15) is 11.2 Å². The van der Waals surface area contributed by atoms with Crippen molar-refractivity contribution >= 4 is 43.7 Å². The van der Waals surface area contributed by atoms with E-state index in [4.69, 9.17) is 23.5 Å². The third-order valence-electron chi connectivity index (χ3n) is 10.4. The van der Waals surface area contributed by atoms with E-state index in [0.717, 1.165) is 55.3 Å². The summed E-state index contributed by atoms with van der Waals surface area (Å²) in [5, 5.41) is 3.03. The van der Waals surface area contributed by atoms with Crippen LogP contribution in [0.4, 0.5) is 0 Å². The van der Waals surface area contributed by atoms with Crippen LogP contribution in [-0.2, 0) is 0 Å². The first-order valence-corrected chi connectivity index (χ1v) is 18.4. The van der Waals surface area contributed by atoms with E-state index in [1.165, 1.54) is 0 Å². The Kier molecular flexibility index (Phi) is 6.50. The van der Waals surface area contributed by atoms with Gasteiger partial charge in [0.2, 0.25) is 5.95 Å². The Morgan fingerprint density at radius 2 is 0.893 bits per heavy atom. The van der Waals surface area contributed by atoms with E-state index >= 15 is 0 Å². The molecule has 0 aliphatic heterocycles. The first-order valence-electron chi connectivity index (χ1n) is 20.4. The lowest BCUT2D eigenvalue weighted by molar-refractivity contribution is 0.669. The summed E-state index contributed by atoms with van der Waals surface area (Å²) in [7, 11) is 0. The standard InChI is InChI=1S/C51H32N4O/c1-3-11-33(12-4-1)35-19-21-37(22-20-35)39-27-29-42-41-15-7-9-17-45(41)55(46(42)31-39)51-53-49(38-25-23-36(24-26-38)34-13-5-2-6-14-34)52-50(54-51)40-28-30-44-43-16-8-10-18-47(43)56-48(44)32-40/h1-32H/i7D,9D,15D,17D. The third kappa shape index (κ3) is 5.45. The molecule has 5 nitrogen and oxygen atoms in total. The van der Waals surface area contributed by atoms with Crippen LogP contribution in [0, 0.1) is 0 Å². The molecule has 0 aliphatic rings. The minimum absolute atomic E-state index is 0.129. The molecule has 0 N–H and O–H groups in total. The van der Waals surface area contributed by atoms with Crippen LogP contribution >= 0.6 is 0 Å². The van der Waals surface area contributed by atoms with Crippen molar-refractivity contribution in [3.63, 3.8) is 0 Å². The van der Waals surface area contributed by atoms with Crippen molar-refractivity contribution in [1.82, 2.24) is 19.5 Å². The first-order chi connectivity index (χ1) is 29.4. The quantitative estimate of drug-likeness (QED) is 0.172. The number of aromatic nitrogens is 4. The summed E-state index contributed by atoms with van der Waals surface area (Å²) in [5.41, 5.74) is 10.1. The summed E-state index contributed by atoms with van der Waals surface area (Å²) >= 11 is 0. The molecule has 0 bridgehead atoms. The van der Waals surface area contributed by atoms with Gasteiger partial charge in [-0.1, -0.05) is 164 Å².